The predicted molar refractivity (Wildman–Crippen MR) is 120 cm³/mol. The highest BCUT2D eigenvalue weighted by molar-refractivity contribution is 6.33. The molecule has 34 heavy (non-hydrogen) atoms. The lowest BCUT2D eigenvalue weighted by Gasteiger charge is -2.29. The van der Waals surface area contributed by atoms with E-state index in [1.165, 1.54) is 12.3 Å². The fourth-order valence-corrected chi connectivity index (χ4v) is 4.55. The zero-order valence-corrected chi connectivity index (χ0v) is 18.9. The number of nitrogens with one attached hydrogen (secondary N) is 3. The number of amides is 2. The van der Waals surface area contributed by atoms with Crippen molar-refractivity contribution in [1.29, 1.82) is 0 Å². The van der Waals surface area contributed by atoms with Crippen LogP contribution in [0.2, 0.25) is 5.02 Å². The molecule has 1 aliphatic heterocycles. The minimum atomic E-state index is -0.904. The molecule has 1 aromatic carbocycles. The summed E-state index contributed by atoms with van der Waals surface area (Å²) < 4.78 is 33.1. The molecule has 0 bridgehead atoms. The molecule has 4 rings (SSSR count). The van der Waals surface area contributed by atoms with Crippen molar-refractivity contribution in [3.63, 3.8) is 0 Å². The van der Waals surface area contributed by atoms with Gasteiger partial charge in [-0.3, -0.25) is 9.59 Å². The number of carbonyl (C=O) groups is 2. The van der Waals surface area contributed by atoms with Gasteiger partial charge in [0.15, 0.2) is 0 Å². The third-order valence-corrected chi connectivity index (χ3v) is 6.48. The summed E-state index contributed by atoms with van der Waals surface area (Å²) in [5.41, 5.74) is -0.575. The van der Waals surface area contributed by atoms with Gasteiger partial charge >= 0.3 is 6.09 Å². The molecule has 3 N–H and O–H groups in total. The van der Waals surface area contributed by atoms with Gasteiger partial charge in [0.1, 0.15) is 28.3 Å². The fourth-order valence-electron chi connectivity index (χ4n) is 4.34. The Hall–Kier alpha value is -3.21. The number of aromatic amines is 1. The molecule has 1 atom stereocenters. The lowest BCUT2D eigenvalue weighted by molar-refractivity contribution is 0.0901. The van der Waals surface area contributed by atoms with E-state index in [1.54, 1.807) is 0 Å². The third-order valence-electron chi connectivity index (χ3n) is 6.11. The van der Waals surface area contributed by atoms with Crippen LogP contribution in [0.15, 0.2) is 29.2 Å². The molecule has 0 radical (unpaired) electrons. The van der Waals surface area contributed by atoms with E-state index in [9.17, 15) is 23.2 Å². The van der Waals surface area contributed by atoms with Gasteiger partial charge in [0, 0.05) is 25.0 Å². The van der Waals surface area contributed by atoms with Gasteiger partial charge < -0.3 is 20.3 Å². The van der Waals surface area contributed by atoms with E-state index < -0.39 is 34.8 Å². The maximum Gasteiger partial charge on any atom is 0.407 e. The van der Waals surface area contributed by atoms with Crippen LogP contribution in [-0.2, 0) is 4.74 Å². The number of ether oxygens (including phenoxy) is 1. The smallest absolute Gasteiger partial charge is 0.407 e. The van der Waals surface area contributed by atoms with Crippen LogP contribution < -0.4 is 21.1 Å². The Bertz CT molecular complexity index is 1100. The normalized spacial score (nSPS) is 22.3. The molecule has 1 aromatic heterocycles. The van der Waals surface area contributed by atoms with E-state index in [-0.39, 0.29) is 23.2 Å². The molecule has 1 saturated carbocycles. The fraction of sp³-hybridized carbons (Fsp3) is 0.455. The molecule has 12 heteroatoms. The number of benzene rings is 1. The van der Waals surface area contributed by atoms with Gasteiger partial charge in [0.2, 0.25) is 0 Å². The number of rotatable bonds is 5. The van der Waals surface area contributed by atoms with Crippen molar-refractivity contribution in [2.75, 3.05) is 18.0 Å². The summed E-state index contributed by atoms with van der Waals surface area (Å²) in [4.78, 5) is 38.1. The van der Waals surface area contributed by atoms with Crippen molar-refractivity contribution in [1.82, 2.24) is 20.8 Å². The lowest BCUT2D eigenvalue weighted by atomic mass is 9.91. The summed E-state index contributed by atoms with van der Waals surface area (Å²) in [7, 11) is 0. The number of aromatic nitrogens is 2. The molecular formula is C22H24ClF2N5O4. The first kappa shape index (κ1) is 23.9. The number of hydrogen-bond donors (Lipinski definition) is 3. The molecule has 9 nitrogen and oxygen atoms in total. The summed E-state index contributed by atoms with van der Waals surface area (Å²) in [6.45, 7) is 0.958. The Labute approximate surface area is 198 Å². The molecule has 0 unspecified atom stereocenters. The minimum Gasteiger partial charge on any atom is -0.444 e. The topological polar surface area (TPSA) is 116 Å². The predicted octanol–water partition coefficient (Wildman–Crippen LogP) is 2.75. The highest BCUT2D eigenvalue weighted by atomic mass is 35.5. The van der Waals surface area contributed by atoms with Crippen LogP contribution in [0.1, 0.15) is 42.5 Å². The molecular weight excluding hydrogens is 472 g/mol. The second-order valence-electron chi connectivity index (χ2n) is 8.42. The zero-order valence-electron chi connectivity index (χ0n) is 18.2. The van der Waals surface area contributed by atoms with E-state index in [4.69, 9.17) is 16.3 Å². The molecule has 182 valence electrons. The third kappa shape index (κ3) is 5.46. The van der Waals surface area contributed by atoms with E-state index >= 15 is 0 Å². The second-order valence-corrected chi connectivity index (χ2v) is 8.80. The number of halogens is 3. The van der Waals surface area contributed by atoms with Crippen LogP contribution in [0.4, 0.5) is 19.3 Å². The Morgan fingerprint density at radius 3 is 2.41 bits per heavy atom. The Morgan fingerprint density at radius 1 is 1.09 bits per heavy atom. The lowest BCUT2D eigenvalue weighted by Crippen LogP contribution is -2.44. The summed E-state index contributed by atoms with van der Waals surface area (Å²) in [6.07, 6.45) is 3.43. The van der Waals surface area contributed by atoms with Gasteiger partial charge in [-0.2, -0.15) is 5.10 Å². The molecule has 1 saturated heterocycles. The molecule has 2 amide bonds. The number of hydrogen-bond acceptors (Lipinski definition) is 6. The Kier molecular flexibility index (Phi) is 7.30. The van der Waals surface area contributed by atoms with Crippen LogP contribution in [-0.4, -0.2) is 53.5 Å². The molecule has 1 aliphatic carbocycles. The van der Waals surface area contributed by atoms with Crippen molar-refractivity contribution in [2.24, 2.45) is 0 Å². The number of H-pyrrole nitrogens is 1. The Morgan fingerprint density at radius 2 is 1.74 bits per heavy atom. The first-order valence-corrected chi connectivity index (χ1v) is 11.4. The standard InChI is InChI=1S/C22H24ClF2N5O4/c23-19-17(10-26-29-21(19)32)30-9-8-14(11-30)34-22(33)28-13-6-4-12(5-7-13)27-20(31)18-15(24)2-1-3-16(18)25/h1-3,10,12-14H,4-9,11H2,(H,27,31)(H,28,33)(H,29,32)/t12-,13-,14-/m1/s1. The van der Waals surface area contributed by atoms with Gasteiger partial charge in [-0.1, -0.05) is 17.7 Å². The number of nitrogens with zero attached hydrogens (tertiary/aromatic N) is 2. The highest BCUT2D eigenvalue weighted by Gasteiger charge is 2.30. The van der Waals surface area contributed by atoms with Gasteiger partial charge in [0.05, 0.1) is 18.4 Å². The average Bonchev–Trinajstić information content (AvgIpc) is 3.25. The van der Waals surface area contributed by atoms with Crippen LogP contribution in [0.25, 0.3) is 0 Å². The van der Waals surface area contributed by atoms with Gasteiger partial charge in [-0.15, -0.1) is 0 Å². The highest BCUT2D eigenvalue weighted by Crippen LogP contribution is 2.26. The van der Waals surface area contributed by atoms with Gasteiger partial charge in [-0.05, 0) is 37.8 Å². The summed E-state index contributed by atoms with van der Waals surface area (Å²) in [6, 6.07) is 2.92. The maximum atomic E-state index is 13.8. The quantitative estimate of drug-likeness (QED) is 0.587. The summed E-state index contributed by atoms with van der Waals surface area (Å²) in [5.74, 6) is -2.59. The van der Waals surface area contributed by atoms with Crippen molar-refractivity contribution in [2.45, 2.75) is 50.3 Å². The number of anilines is 1. The molecule has 2 aromatic rings. The van der Waals surface area contributed by atoms with Crippen molar-refractivity contribution >= 4 is 29.3 Å². The van der Waals surface area contributed by atoms with Crippen LogP contribution in [0.3, 0.4) is 0 Å². The molecule has 2 aliphatic rings. The summed E-state index contributed by atoms with van der Waals surface area (Å²) >= 11 is 6.04. The summed E-state index contributed by atoms with van der Waals surface area (Å²) in [5, 5.41) is 11.6. The largest absolute Gasteiger partial charge is 0.444 e. The van der Waals surface area contributed by atoms with Crippen molar-refractivity contribution in [3.8, 4) is 0 Å². The first-order valence-electron chi connectivity index (χ1n) is 11.0. The average molecular weight is 496 g/mol. The SMILES string of the molecule is O=C(N[C@H]1CC[C@H](NC(=O)c2c(F)cccc2F)CC1)O[C@@H]1CCN(c2cn[nH]c(=O)c2Cl)C1. The zero-order chi connectivity index (χ0) is 24.2. The number of carbonyl (C=O) groups excluding carboxylic acids is 2. The van der Waals surface area contributed by atoms with Crippen molar-refractivity contribution < 1.29 is 23.1 Å². The van der Waals surface area contributed by atoms with Crippen LogP contribution >= 0.6 is 11.6 Å². The van der Waals surface area contributed by atoms with E-state index in [2.05, 4.69) is 20.8 Å². The van der Waals surface area contributed by atoms with E-state index in [0.29, 0.717) is 50.9 Å². The van der Waals surface area contributed by atoms with Gasteiger partial charge in [-0.25, -0.2) is 18.7 Å². The minimum absolute atomic E-state index is 0.0432. The monoisotopic (exact) mass is 495 g/mol. The molecule has 0 spiro atoms. The van der Waals surface area contributed by atoms with Gasteiger partial charge in [0.25, 0.3) is 11.5 Å². The second kappa shape index (κ2) is 10.4. The van der Waals surface area contributed by atoms with E-state index in [0.717, 1.165) is 12.1 Å². The number of alkyl carbamates (subject to hydrolysis) is 1. The first-order chi connectivity index (χ1) is 16.3. The van der Waals surface area contributed by atoms with Crippen molar-refractivity contribution in [3.05, 3.63) is 57.0 Å². The molecule has 2 fully saturated rings. The molecule has 2 heterocycles. The van der Waals surface area contributed by atoms with Crippen LogP contribution in [0, 0.1) is 11.6 Å². The maximum absolute atomic E-state index is 13.8. The Balaban J connectivity index is 1.21. The van der Waals surface area contributed by atoms with E-state index in [1.807, 2.05) is 4.90 Å². The van der Waals surface area contributed by atoms with Crippen LogP contribution in [0.5, 0.6) is 0 Å².